The maximum atomic E-state index is 12.0. The maximum absolute atomic E-state index is 12.0. The Morgan fingerprint density at radius 2 is 2.10 bits per heavy atom. The minimum absolute atomic E-state index is 0.0519. The molecule has 0 aliphatic heterocycles. The Morgan fingerprint density at radius 1 is 1.35 bits per heavy atom. The number of aromatic nitrogens is 1. The lowest BCUT2D eigenvalue weighted by Gasteiger charge is -2.10. The number of hydrogen-bond donors (Lipinski definition) is 2. The Bertz CT molecular complexity index is 553. The van der Waals surface area contributed by atoms with E-state index < -0.39 is 0 Å². The van der Waals surface area contributed by atoms with Gasteiger partial charge in [-0.1, -0.05) is 30.3 Å². The van der Waals surface area contributed by atoms with E-state index in [4.69, 9.17) is 0 Å². The quantitative estimate of drug-likeness (QED) is 0.856. The van der Waals surface area contributed by atoms with Crippen molar-refractivity contribution in [3.8, 4) is 0 Å². The highest BCUT2D eigenvalue weighted by Crippen LogP contribution is 2.16. The van der Waals surface area contributed by atoms with Gasteiger partial charge in [0.1, 0.15) is 4.88 Å². The van der Waals surface area contributed by atoms with Gasteiger partial charge in [-0.3, -0.25) is 4.79 Å². The number of nitrogens with one attached hydrogen (secondary N) is 2. The van der Waals surface area contributed by atoms with Crippen LogP contribution >= 0.6 is 11.3 Å². The number of thiazole rings is 1. The van der Waals surface area contributed by atoms with Gasteiger partial charge in [-0.05, 0) is 19.5 Å². The fraction of sp³-hybridized carbons (Fsp3) is 0.333. The molecule has 0 aliphatic carbocycles. The van der Waals surface area contributed by atoms with Crippen LogP contribution in [0, 0.1) is 0 Å². The smallest absolute Gasteiger partial charge is 0.263 e. The van der Waals surface area contributed by atoms with Crippen LogP contribution in [0.2, 0.25) is 0 Å². The van der Waals surface area contributed by atoms with E-state index in [1.165, 1.54) is 16.9 Å². The molecule has 1 unspecified atom stereocenters. The molecule has 2 aromatic rings. The summed E-state index contributed by atoms with van der Waals surface area (Å²) in [5.41, 5.74) is 1.21. The molecule has 0 saturated carbocycles. The van der Waals surface area contributed by atoms with Gasteiger partial charge in [0.15, 0.2) is 0 Å². The Hall–Kier alpha value is -1.72. The largest absolute Gasteiger partial charge is 0.350 e. The van der Waals surface area contributed by atoms with Crippen LogP contribution in [0.25, 0.3) is 0 Å². The lowest BCUT2D eigenvalue weighted by molar-refractivity contribution is 0.0954. The van der Waals surface area contributed by atoms with Crippen molar-refractivity contribution < 1.29 is 4.79 Å². The van der Waals surface area contributed by atoms with Crippen molar-refractivity contribution >= 4 is 17.2 Å². The SMILES string of the molecule is CNC(C)CNC(=O)c1cnc(Cc2ccccc2)s1. The molecule has 1 atom stereocenters. The van der Waals surface area contributed by atoms with Crippen LogP contribution in [0.4, 0.5) is 0 Å². The predicted molar refractivity (Wildman–Crippen MR) is 82.2 cm³/mol. The Kier molecular flexibility index (Phi) is 5.26. The molecule has 2 rings (SSSR count). The fourth-order valence-corrected chi connectivity index (χ4v) is 2.57. The molecule has 0 saturated heterocycles. The van der Waals surface area contributed by atoms with Gasteiger partial charge < -0.3 is 10.6 Å². The van der Waals surface area contributed by atoms with Crippen LogP contribution in [-0.2, 0) is 6.42 Å². The number of amides is 1. The number of nitrogens with zero attached hydrogens (tertiary/aromatic N) is 1. The third-order valence-electron chi connectivity index (χ3n) is 3.04. The van der Waals surface area contributed by atoms with Crippen molar-refractivity contribution in [1.82, 2.24) is 15.6 Å². The molecule has 106 valence electrons. The van der Waals surface area contributed by atoms with Crippen LogP contribution in [0.3, 0.4) is 0 Å². The molecule has 1 heterocycles. The van der Waals surface area contributed by atoms with E-state index in [0.29, 0.717) is 11.4 Å². The topological polar surface area (TPSA) is 54.0 Å². The normalized spacial score (nSPS) is 12.1. The third kappa shape index (κ3) is 4.15. The average molecular weight is 289 g/mol. The number of likely N-dealkylation sites (N-methyl/N-ethyl adjacent to an activating group) is 1. The van der Waals surface area contributed by atoms with Crippen molar-refractivity contribution in [1.29, 1.82) is 0 Å². The standard InChI is InChI=1S/C15H19N3OS/c1-11(16-2)9-18-15(19)13-10-17-14(20-13)8-12-6-4-3-5-7-12/h3-7,10-11,16H,8-9H2,1-2H3,(H,18,19). The summed E-state index contributed by atoms with van der Waals surface area (Å²) in [4.78, 5) is 17.0. The van der Waals surface area contributed by atoms with E-state index >= 15 is 0 Å². The second kappa shape index (κ2) is 7.17. The van der Waals surface area contributed by atoms with Gasteiger partial charge in [0.25, 0.3) is 5.91 Å². The van der Waals surface area contributed by atoms with Gasteiger partial charge in [0.2, 0.25) is 0 Å². The van der Waals surface area contributed by atoms with Crippen molar-refractivity contribution in [2.75, 3.05) is 13.6 Å². The van der Waals surface area contributed by atoms with Crippen molar-refractivity contribution in [3.05, 3.63) is 52.0 Å². The highest BCUT2D eigenvalue weighted by Gasteiger charge is 2.11. The van der Waals surface area contributed by atoms with Crippen molar-refractivity contribution in [2.24, 2.45) is 0 Å². The zero-order chi connectivity index (χ0) is 14.4. The molecule has 20 heavy (non-hydrogen) atoms. The first-order chi connectivity index (χ1) is 9.69. The first-order valence-electron chi connectivity index (χ1n) is 6.63. The molecule has 0 aliphatic rings. The minimum Gasteiger partial charge on any atom is -0.350 e. The van der Waals surface area contributed by atoms with Gasteiger partial charge in [-0.2, -0.15) is 0 Å². The summed E-state index contributed by atoms with van der Waals surface area (Å²) < 4.78 is 0. The summed E-state index contributed by atoms with van der Waals surface area (Å²) in [7, 11) is 1.88. The van der Waals surface area contributed by atoms with E-state index in [0.717, 1.165) is 11.4 Å². The predicted octanol–water partition coefficient (Wildman–Crippen LogP) is 2.07. The molecule has 1 aromatic carbocycles. The molecule has 2 N–H and O–H groups in total. The van der Waals surface area contributed by atoms with Gasteiger partial charge in [0.05, 0.1) is 11.2 Å². The zero-order valence-electron chi connectivity index (χ0n) is 11.7. The van der Waals surface area contributed by atoms with E-state index in [1.54, 1.807) is 6.20 Å². The van der Waals surface area contributed by atoms with Crippen molar-refractivity contribution in [3.63, 3.8) is 0 Å². The zero-order valence-corrected chi connectivity index (χ0v) is 12.5. The lowest BCUT2D eigenvalue weighted by atomic mass is 10.2. The first-order valence-corrected chi connectivity index (χ1v) is 7.44. The van der Waals surface area contributed by atoms with E-state index in [-0.39, 0.29) is 11.9 Å². The number of hydrogen-bond acceptors (Lipinski definition) is 4. The average Bonchev–Trinajstić information content (AvgIpc) is 2.94. The van der Waals surface area contributed by atoms with Gasteiger partial charge in [0, 0.05) is 19.0 Å². The summed E-state index contributed by atoms with van der Waals surface area (Å²) in [6, 6.07) is 10.4. The molecule has 4 nitrogen and oxygen atoms in total. The molecular weight excluding hydrogens is 270 g/mol. The summed E-state index contributed by atoms with van der Waals surface area (Å²) in [5.74, 6) is -0.0519. The second-order valence-corrected chi connectivity index (χ2v) is 5.80. The number of carbonyl (C=O) groups excluding carboxylic acids is 1. The Labute approximate surface area is 123 Å². The monoisotopic (exact) mass is 289 g/mol. The van der Waals surface area contributed by atoms with Crippen LogP contribution in [0.15, 0.2) is 36.5 Å². The summed E-state index contributed by atoms with van der Waals surface area (Å²) in [5, 5.41) is 6.94. The second-order valence-electron chi connectivity index (χ2n) is 4.68. The fourth-order valence-electron chi connectivity index (χ4n) is 1.70. The van der Waals surface area contributed by atoms with Crippen LogP contribution in [0.5, 0.6) is 0 Å². The van der Waals surface area contributed by atoms with E-state index in [9.17, 15) is 4.79 Å². The summed E-state index contributed by atoms with van der Waals surface area (Å²) in [6.45, 7) is 2.63. The third-order valence-corrected chi connectivity index (χ3v) is 4.03. The molecule has 1 amide bonds. The number of rotatable bonds is 6. The van der Waals surface area contributed by atoms with Crippen molar-refractivity contribution in [2.45, 2.75) is 19.4 Å². The highest BCUT2D eigenvalue weighted by molar-refractivity contribution is 7.13. The van der Waals surface area contributed by atoms with Crippen LogP contribution in [0.1, 0.15) is 27.2 Å². The maximum Gasteiger partial charge on any atom is 0.263 e. The Morgan fingerprint density at radius 3 is 2.80 bits per heavy atom. The van der Waals surface area contributed by atoms with Crippen LogP contribution < -0.4 is 10.6 Å². The molecular formula is C15H19N3OS. The number of benzene rings is 1. The molecule has 0 spiro atoms. The Balaban J connectivity index is 1.93. The minimum atomic E-state index is -0.0519. The molecule has 1 aromatic heterocycles. The van der Waals surface area contributed by atoms with E-state index in [1.807, 2.05) is 32.2 Å². The highest BCUT2D eigenvalue weighted by atomic mass is 32.1. The van der Waals surface area contributed by atoms with E-state index in [2.05, 4.69) is 27.8 Å². The molecule has 0 fully saturated rings. The van der Waals surface area contributed by atoms with Gasteiger partial charge in [-0.25, -0.2) is 4.98 Å². The molecule has 5 heteroatoms. The van der Waals surface area contributed by atoms with Crippen LogP contribution in [-0.4, -0.2) is 30.5 Å². The summed E-state index contributed by atoms with van der Waals surface area (Å²) in [6.07, 6.45) is 2.42. The van der Waals surface area contributed by atoms with Gasteiger partial charge >= 0.3 is 0 Å². The lowest BCUT2D eigenvalue weighted by Crippen LogP contribution is -2.36. The van der Waals surface area contributed by atoms with Gasteiger partial charge in [-0.15, -0.1) is 11.3 Å². The summed E-state index contributed by atoms with van der Waals surface area (Å²) >= 11 is 1.45. The first kappa shape index (κ1) is 14.7. The molecule has 0 radical (unpaired) electrons. The molecule has 0 bridgehead atoms. The number of carbonyl (C=O) groups is 1.